The van der Waals surface area contributed by atoms with Crippen LogP contribution in [-0.4, -0.2) is 27.7 Å². The lowest BCUT2D eigenvalue weighted by Crippen LogP contribution is -2.21. The number of hydrogen-bond donors (Lipinski definition) is 1. The highest BCUT2D eigenvalue weighted by Crippen LogP contribution is 2.19. The maximum Gasteiger partial charge on any atom is 0.307 e. The second-order valence-corrected chi connectivity index (χ2v) is 5.98. The molecule has 1 rings (SSSR count). The topological polar surface area (TPSA) is 71.4 Å². The van der Waals surface area contributed by atoms with Gasteiger partial charge in [-0.25, -0.2) is 0 Å². The smallest absolute Gasteiger partial charge is 0.307 e. The highest BCUT2D eigenvalue weighted by Gasteiger charge is 2.23. The number of carbonyl (C=O) groups is 3. The number of ketones is 1. The van der Waals surface area contributed by atoms with E-state index in [0.717, 1.165) is 22.9 Å². The van der Waals surface area contributed by atoms with E-state index in [2.05, 4.69) is 0 Å². The number of carboxylic acids is 1. The fourth-order valence-corrected chi connectivity index (χ4v) is 2.59. The molecule has 1 atom stereocenters. The van der Waals surface area contributed by atoms with Crippen LogP contribution < -0.4 is 0 Å². The molecular weight excluding hydrogens is 276 g/mol. The summed E-state index contributed by atoms with van der Waals surface area (Å²) in [5.74, 6) is -1.95. The molecule has 0 radical (unpaired) electrons. The van der Waals surface area contributed by atoms with Gasteiger partial charge in [-0.1, -0.05) is 35.5 Å². The Morgan fingerprint density at radius 2 is 1.90 bits per heavy atom. The lowest BCUT2D eigenvalue weighted by Gasteiger charge is -2.11. The normalized spacial score (nSPS) is 11.9. The first-order valence-electron chi connectivity index (χ1n) is 6.28. The summed E-state index contributed by atoms with van der Waals surface area (Å²) in [7, 11) is 0. The van der Waals surface area contributed by atoms with E-state index in [-0.39, 0.29) is 23.1 Å². The van der Waals surface area contributed by atoms with Crippen LogP contribution in [0.2, 0.25) is 0 Å². The Kier molecular flexibility index (Phi) is 5.95. The lowest BCUT2D eigenvalue weighted by atomic mass is 9.96. The number of benzene rings is 1. The number of carboxylic acid groups (broad SMARTS) is 1. The summed E-state index contributed by atoms with van der Waals surface area (Å²) >= 11 is 0.940. The molecule has 0 heterocycles. The van der Waals surface area contributed by atoms with E-state index in [1.165, 1.54) is 6.92 Å². The second-order valence-electron chi connectivity index (χ2n) is 4.78. The summed E-state index contributed by atoms with van der Waals surface area (Å²) in [6, 6.07) is 5.46. The Bertz CT molecular complexity index is 537. The molecular formula is C15H18O4S. The van der Waals surface area contributed by atoms with Crippen molar-refractivity contribution in [2.75, 3.05) is 5.75 Å². The van der Waals surface area contributed by atoms with E-state index in [1.807, 2.05) is 26.0 Å². The predicted molar refractivity (Wildman–Crippen MR) is 79.1 cm³/mol. The van der Waals surface area contributed by atoms with Crippen molar-refractivity contribution >= 4 is 28.6 Å². The zero-order valence-electron chi connectivity index (χ0n) is 11.8. The van der Waals surface area contributed by atoms with Gasteiger partial charge >= 0.3 is 5.97 Å². The number of aryl methyl sites for hydroxylation is 2. The van der Waals surface area contributed by atoms with E-state index in [9.17, 15) is 14.4 Å². The van der Waals surface area contributed by atoms with Gasteiger partial charge in [-0.2, -0.15) is 0 Å². The SMILES string of the molecule is CC(=O)SCC(CC(=O)c1ccc(C)cc1C)C(=O)O. The van der Waals surface area contributed by atoms with E-state index < -0.39 is 11.9 Å². The lowest BCUT2D eigenvalue weighted by molar-refractivity contribution is -0.140. The molecule has 0 aliphatic rings. The van der Waals surface area contributed by atoms with Crippen molar-refractivity contribution in [3.8, 4) is 0 Å². The first-order chi connectivity index (χ1) is 9.31. The molecule has 0 saturated heterocycles. The monoisotopic (exact) mass is 294 g/mol. The van der Waals surface area contributed by atoms with Crippen molar-refractivity contribution in [1.29, 1.82) is 0 Å². The van der Waals surface area contributed by atoms with Gasteiger partial charge in [0.2, 0.25) is 0 Å². The van der Waals surface area contributed by atoms with Gasteiger partial charge in [0.25, 0.3) is 0 Å². The molecule has 0 fully saturated rings. The van der Waals surface area contributed by atoms with Crippen molar-refractivity contribution in [3.05, 3.63) is 34.9 Å². The Morgan fingerprint density at radius 1 is 1.25 bits per heavy atom. The standard InChI is InChI=1S/C15H18O4S/c1-9-4-5-13(10(2)6-9)14(17)7-12(15(18)19)8-20-11(3)16/h4-6,12H,7-8H2,1-3H3,(H,18,19). The minimum Gasteiger partial charge on any atom is -0.481 e. The zero-order valence-corrected chi connectivity index (χ0v) is 12.6. The van der Waals surface area contributed by atoms with Crippen molar-refractivity contribution in [1.82, 2.24) is 0 Å². The largest absolute Gasteiger partial charge is 0.481 e. The molecule has 20 heavy (non-hydrogen) atoms. The Labute approximate surface area is 122 Å². The van der Waals surface area contributed by atoms with Crippen LogP contribution in [0.5, 0.6) is 0 Å². The molecule has 1 aromatic rings. The Balaban J connectivity index is 2.80. The number of thioether (sulfide) groups is 1. The molecule has 0 saturated carbocycles. The van der Waals surface area contributed by atoms with Gasteiger partial charge < -0.3 is 5.11 Å². The minimum atomic E-state index is -1.04. The fourth-order valence-electron chi connectivity index (χ4n) is 1.90. The third-order valence-corrected chi connectivity index (χ3v) is 3.93. The molecule has 1 aromatic carbocycles. The molecule has 4 nitrogen and oxygen atoms in total. The Morgan fingerprint density at radius 3 is 2.40 bits per heavy atom. The number of carbonyl (C=O) groups excluding carboxylic acids is 2. The van der Waals surface area contributed by atoms with Crippen LogP contribution in [0, 0.1) is 19.8 Å². The number of rotatable bonds is 6. The summed E-state index contributed by atoms with van der Waals surface area (Å²) in [4.78, 5) is 34.2. The fraction of sp³-hybridized carbons (Fsp3) is 0.400. The van der Waals surface area contributed by atoms with Gasteiger partial charge in [0.1, 0.15) is 0 Å². The average molecular weight is 294 g/mol. The van der Waals surface area contributed by atoms with Gasteiger partial charge in [0.05, 0.1) is 5.92 Å². The minimum absolute atomic E-state index is 0.0838. The van der Waals surface area contributed by atoms with Crippen molar-refractivity contribution in [3.63, 3.8) is 0 Å². The highest BCUT2D eigenvalue weighted by molar-refractivity contribution is 8.13. The molecule has 5 heteroatoms. The molecule has 0 aliphatic heterocycles. The maximum absolute atomic E-state index is 12.2. The first kappa shape index (κ1) is 16.4. The molecule has 0 spiro atoms. The van der Waals surface area contributed by atoms with Gasteiger partial charge in [0, 0.05) is 24.7 Å². The third-order valence-electron chi connectivity index (χ3n) is 2.95. The Hall–Kier alpha value is -1.62. The van der Waals surface area contributed by atoms with Gasteiger partial charge in [-0.3, -0.25) is 14.4 Å². The summed E-state index contributed by atoms with van der Waals surface area (Å²) < 4.78 is 0. The van der Waals surface area contributed by atoms with Crippen LogP contribution in [0.25, 0.3) is 0 Å². The first-order valence-corrected chi connectivity index (χ1v) is 7.26. The maximum atomic E-state index is 12.2. The molecule has 0 aromatic heterocycles. The van der Waals surface area contributed by atoms with Crippen LogP contribution >= 0.6 is 11.8 Å². The number of aliphatic carboxylic acids is 1. The van der Waals surface area contributed by atoms with Crippen LogP contribution in [0.3, 0.4) is 0 Å². The van der Waals surface area contributed by atoms with Crippen LogP contribution in [-0.2, 0) is 9.59 Å². The second kappa shape index (κ2) is 7.24. The van der Waals surface area contributed by atoms with E-state index >= 15 is 0 Å². The molecule has 0 bridgehead atoms. The van der Waals surface area contributed by atoms with E-state index in [4.69, 9.17) is 5.11 Å². The molecule has 0 aliphatic carbocycles. The summed E-state index contributed by atoms with van der Waals surface area (Å²) in [5, 5.41) is 8.98. The summed E-state index contributed by atoms with van der Waals surface area (Å²) in [6.07, 6.45) is -0.0838. The average Bonchev–Trinajstić information content (AvgIpc) is 2.33. The number of Topliss-reactive ketones (excluding diaryl/α,β-unsaturated/α-hetero) is 1. The van der Waals surface area contributed by atoms with E-state index in [0.29, 0.717) is 5.56 Å². The summed E-state index contributed by atoms with van der Waals surface area (Å²) in [6.45, 7) is 5.15. The van der Waals surface area contributed by atoms with Crippen molar-refractivity contribution in [2.45, 2.75) is 27.2 Å². The van der Waals surface area contributed by atoms with Gasteiger partial charge in [-0.15, -0.1) is 0 Å². The quantitative estimate of drug-likeness (QED) is 0.817. The third kappa shape index (κ3) is 4.81. The van der Waals surface area contributed by atoms with Crippen molar-refractivity contribution in [2.24, 2.45) is 5.92 Å². The van der Waals surface area contributed by atoms with E-state index in [1.54, 1.807) is 6.07 Å². The van der Waals surface area contributed by atoms with Crippen LogP contribution in [0.15, 0.2) is 18.2 Å². The van der Waals surface area contributed by atoms with Gasteiger partial charge in [0.15, 0.2) is 10.9 Å². The zero-order chi connectivity index (χ0) is 15.3. The van der Waals surface area contributed by atoms with Crippen LogP contribution in [0.1, 0.15) is 34.8 Å². The summed E-state index contributed by atoms with van der Waals surface area (Å²) in [5.41, 5.74) is 2.45. The molecule has 108 valence electrons. The molecule has 1 unspecified atom stereocenters. The number of hydrogen-bond acceptors (Lipinski definition) is 4. The van der Waals surface area contributed by atoms with Crippen LogP contribution in [0.4, 0.5) is 0 Å². The predicted octanol–water partition coefficient (Wildman–Crippen LogP) is 2.86. The molecule has 1 N–H and O–H groups in total. The highest BCUT2D eigenvalue weighted by atomic mass is 32.2. The molecule has 0 amide bonds. The van der Waals surface area contributed by atoms with Gasteiger partial charge in [-0.05, 0) is 19.4 Å². The van der Waals surface area contributed by atoms with Crippen molar-refractivity contribution < 1.29 is 19.5 Å².